The van der Waals surface area contributed by atoms with Crippen molar-refractivity contribution in [3.8, 4) is 0 Å². The second-order valence-corrected chi connectivity index (χ2v) is 40.8. The quantitative estimate of drug-likeness (QED) is 0.349. The zero-order valence-corrected chi connectivity index (χ0v) is 27.0. The highest BCUT2D eigenvalue weighted by molar-refractivity contribution is 7.47. The van der Waals surface area contributed by atoms with Crippen LogP contribution < -0.4 is 0 Å². The van der Waals surface area contributed by atoms with Crippen LogP contribution >= 0.6 is 0 Å². The van der Waals surface area contributed by atoms with E-state index >= 15 is 0 Å². The molecule has 0 amide bonds. The summed E-state index contributed by atoms with van der Waals surface area (Å²) in [6.07, 6.45) is 12.2. The SMILES string of the molecule is CC(C)(C)C1=C[C@](C23CC4CC(CC(C4)C2)C3)([Si](C)(C)C)[Si@@]1(O[Si](C)(C)C)[Si](C)(C)C. The Labute approximate surface area is 198 Å². The summed E-state index contributed by atoms with van der Waals surface area (Å²) in [6.45, 7) is 31.4. The summed E-state index contributed by atoms with van der Waals surface area (Å²) in [7, 11) is -6.96. The van der Waals surface area contributed by atoms with Crippen LogP contribution in [0.4, 0.5) is 0 Å². The number of hydrogen-bond acceptors (Lipinski definition) is 1. The van der Waals surface area contributed by atoms with E-state index in [9.17, 15) is 0 Å². The Bertz CT molecular complexity index is 738. The maximum Gasteiger partial charge on any atom is 0.201 e. The molecule has 0 aromatic rings. The molecule has 178 valence electrons. The van der Waals surface area contributed by atoms with Gasteiger partial charge in [0, 0.05) is 4.66 Å². The summed E-state index contributed by atoms with van der Waals surface area (Å²) in [5, 5.41) is 1.83. The van der Waals surface area contributed by atoms with Crippen molar-refractivity contribution in [1.82, 2.24) is 0 Å². The minimum atomic E-state index is -2.12. The Hall–Kier alpha value is 0.568. The fourth-order valence-corrected chi connectivity index (χ4v) is 49.0. The summed E-state index contributed by atoms with van der Waals surface area (Å²) in [5.74, 6) is 3.06. The highest BCUT2D eigenvalue weighted by Crippen LogP contribution is 2.80. The van der Waals surface area contributed by atoms with Gasteiger partial charge in [0.25, 0.3) is 0 Å². The Morgan fingerprint density at radius 1 is 0.806 bits per heavy atom. The monoisotopic (exact) mass is 492 g/mol. The third kappa shape index (κ3) is 3.33. The van der Waals surface area contributed by atoms with Gasteiger partial charge in [-0.3, -0.25) is 0 Å². The van der Waals surface area contributed by atoms with E-state index in [-0.39, 0.29) is 5.41 Å². The fourth-order valence-electron chi connectivity index (χ4n) is 9.70. The van der Waals surface area contributed by atoms with E-state index in [1.165, 1.54) is 19.3 Å². The molecule has 4 aliphatic carbocycles. The van der Waals surface area contributed by atoms with Crippen molar-refractivity contribution in [2.45, 2.75) is 123 Å². The molecule has 5 heteroatoms. The summed E-state index contributed by atoms with van der Waals surface area (Å²) in [5.41, 5.74) is 0.810. The number of hydrogen-bond donors (Lipinski definition) is 0. The van der Waals surface area contributed by atoms with Crippen LogP contribution in [0.15, 0.2) is 11.3 Å². The Morgan fingerprint density at radius 3 is 1.52 bits per heavy atom. The lowest BCUT2D eigenvalue weighted by molar-refractivity contribution is -0.0636. The predicted octanol–water partition coefficient (Wildman–Crippen LogP) is 8.56. The van der Waals surface area contributed by atoms with E-state index < -0.39 is 31.8 Å². The summed E-state index contributed by atoms with van der Waals surface area (Å²) < 4.78 is 8.34. The molecule has 0 spiro atoms. The minimum Gasteiger partial charge on any atom is -0.454 e. The Kier molecular flexibility index (Phi) is 5.44. The topological polar surface area (TPSA) is 9.23 Å². The van der Waals surface area contributed by atoms with E-state index in [1.54, 1.807) is 19.3 Å². The molecule has 1 nitrogen and oxygen atoms in total. The molecule has 0 aromatic heterocycles. The van der Waals surface area contributed by atoms with Crippen LogP contribution in [0.1, 0.15) is 59.3 Å². The molecule has 31 heavy (non-hydrogen) atoms. The molecule has 0 saturated heterocycles. The molecule has 4 saturated carbocycles. The van der Waals surface area contributed by atoms with Gasteiger partial charge < -0.3 is 4.12 Å². The molecule has 5 rings (SSSR count). The van der Waals surface area contributed by atoms with E-state index in [1.807, 2.05) is 5.20 Å². The van der Waals surface area contributed by atoms with Crippen molar-refractivity contribution in [2.24, 2.45) is 28.6 Å². The van der Waals surface area contributed by atoms with Crippen LogP contribution in [0.2, 0.25) is 63.6 Å². The minimum absolute atomic E-state index is 0.248. The zero-order valence-electron chi connectivity index (χ0n) is 23.0. The number of allylic oxidation sites excluding steroid dienone is 2. The predicted molar refractivity (Wildman–Crippen MR) is 148 cm³/mol. The maximum absolute atomic E-state index is 7.90. The molecule has 2 atom stereocenters. The van der Waals surface area contributed by atoms with Crippen LogP contribution in [0, 0.1) is 28.6 Å². The van der Waals surface area contributed by atoms with Crippen molar-refractivity contribution >= 4 is 31.8 Å². The third-order valence-electron chi connectivity index (χ3n) is 9.68. The van der Waals surface area contributed by atoms with Crippen LogP contribution in [0.5, 0.6) is 0 Å². The molecule has 4 fully saturated rings. The fraction of sp³-hybridized carbons (Fsp3) is 0.923. The largest absolute Gasteiger partial charge is 0.454 e. The molecular formula is C26H52OSi4. The zero-order chi connectivity index (χ0) is 23.5. The molecular weight excluding hydrogens is 441 g/mol. The first-order valence-electron chi connectivity index (χ1n) is 13.2. The second-order valence-electron chi connectivity index (χ2n) is 16.2. The van der Waals surface area contributed by atoms with Crippen molar-refractivity contribution in [1.29, 1.82) is 0 Å². The van der Waals surface area contributed by atoms with Gasteiger partial charge in [0.2, 0.25) is 7.83 Å². The van der Waals surface area contributed by atoms with Crippen molar-refractivity contribution in [3.05, 3.63) is 11.3 Å². The van der Waals surface area contributed by atoms with Gasteiger partial charge in [-0.1, -0.05) is 71.3 Å². The highest BCUT2D eigenvalue weighted by Gasteiger charge is 2.81. The lowest BCUT2D eigenvalue weighted by Gasteiger charge is -2.77. The molecule has 1 heterocycles. The summed E-state index contributed by atoms with van der Waals surface area (Å²) >= 11 is 0. The van der Waals surface area contributed by atoms with Crippen molar-refractivity contribution in [3.63, 3.8) is 0 Å². The van der Waals surface area contributed by atoms with Crippen LogP contribution in [-0.2, 0) is 4.12 Å². The van der Waals surface area contributed by atoms with Crippen LogP contribution in [0.3, 0.4) is 0 Å². The molecule has 4 bridgehead atoms. The molecule has 1 aliphatic heterocycles. The first kappa shape index (κ1) is 24.7. The molecule has 5 aliphatic rings. The van der Waals surface area contributed by atoms with E-state index in [0.29, 0.717) is 10.1 Å². The molecule has 0 unspecified atom stereocenters. The Morgan fingerprint density at radius 2 is 1.23 bits per heavy atom. The lowest BCUT2D eigenvalue weighted by Crippen LogP contribution is -2.84. The van der Waals surface area contributed by atoms with Gasteiger partial charge in [-0.15, -0.1) is 0 Å². The average molecular weight is 493 g/mol. The summed E-state index contributed by atoms with van der Waals surface area (Å²) in [4.78, 5) is 0. The third-order valence-corrected chi connectivity index (χ3v) is 35.2. The molecule has 0 aromatic carbocycles. The highest BCUT2D eigenvalue weighted by atomic mass is 29.3. The van der Waals surface area contributed by atoms with Crippen molar-refractivity contribution < 1.29 is 4.12 Å². The van der Waals surface area contributed by atoms with Gasteiger partial charge in [0.1, 0.15) is 0 Å². The maximum atomic E-state index is 7.90. The lowest BCUT2D eigenvalue weighted by atomic mass is 9.48. The van der Waals surface area contributed by atoms with Gasteiger partial charge in [-0.05, 0) is 86.7 Å². The second kappa shape index (κ2) is 6.83. The normalized spacial score (nSPS) is 43.1. The van der Waals surface area contributed by atoms with Crippen LogP contribution in [-0.4, -0.2) is 31.8 Å². The van der Waals surface area contributed by atoms with Gasteiger partial charge in [0.05, 0.1) is 15.7 Å². The first-order chi connectivity index (χ1) is 13.8. The van der Waals surface area contributed by atoms with Crippen LogP contribution in [0.25, 0.3) is 0 Å². The van der Waals surface area contributed by atoms with Gasteiger partial charge in [-0.25, -0.2) is 0 Å². The molecule has 0 N–H and O–H groups in total. The van der Waals surface area contributed by atoms with Gasteiger partial charge in [-0.2, -0.15) is 0 Å². The number of rotatable bonds is 5. The van der Waals surface area contributed by atoms with Gasteiger partial charge in [0.15, 0.2) is 8.32 Å². The van der Waals surface area contributed by atoms with Gasteiger partial charge >= 0.3 is 0 Å². The Balaban J connectivity index is 2.04. The standard InChI is InChI=1S/C26H52OSi4/c1-24(2,3)23-19-26(28(4,5)6,31(23,30(10,11)12)27-29(7,8)9)25-16-20-13-21(17-25)15-22(14-20)18-25/h19-22H,13-18H2,1-12H3/t20?,21?,22?,25?,26-,31-/m0/s1. The van der Waals surface area contributed by atoms with Crippen molar-refractivity contribution in [2.75, 3.05) is 0 Å². The average Bonchev–Trinajstić information content (AvgIpc) is 2.45. The smallest absolute Gasteiger partial charge is 0.201 e. The van der Waals surface area contributed by atoms with E-state index in [0.717, 1.165) is 17.8 Å². The first-order valence-corrected chi connectivity index (χ1v) is 26.5. The summed E-state index contributed by atoms with van der Waals surface area (Å²) in [6, 6.07) is 0. The van der Waals surface area contributed by atoms with E-state index in [4.69, 9.17) is 4.12 Å². The molecule has 0 radical (unpaired) electrons. The van der Waals surface area contributed by atoms with E-state index in [2.05, 4.69) is 85.8 Å².